The van der Waals surface area contributed by atoms with Crippen LogP contribution in [0.5, 0.6) is 0 Å². The summed E-state index contributed by atoms with van der Waals surface area (Å²) >= 11 is 0. The highest BCUT2D eigenvalue weighted by Gasteiger charge is 2.33. The number of oxazole rings is 1. The molecule has 4 rings (SSSR count). The maximum absolute atomic E-state index is 13.1. The fraction of sp³-hybridized carbons (Fsp3) is 0.560. The van der Waals surface area contributed by atoms with E-state index in [1.165, 1.54) is 11.2 Å². The summed E-state index contributed by atoms with van der Waals surface area (Å²) in [5, 5.41) is 9.49. The van der Waals surface area contributed by atoms with Crippen molar-refractivity contribution in [2.45, 2.75) is 32.6 Å². The quantitative estimate of drug-likeness (QED) is 0.528. The molecule has 2 aromatic rings. The number of furan rings is 1. The molecule has 0 spiro atoms. The maximum atomic E-state index is 13.1. The van der Waals surface area contributed by atoms with Crippen LogP contribution < -0.4 is 4.90 Å². The van der Waals surface area contributed by atoms with Crippen molar-refractivity contribution in [2.24, 2.45) is 11.8 Å². The van der Waals surface area contributed by atoms with E-state index in [1.54, 1.807) is 31.0 Å². The minimum atomic E-state index is -0.310. The van der Waals surface area contributed by atoms with E-state index in [2.05, 4.69) is 11.1 Å². The number of nitriles is 1. The normalized spacial score (nSPS) is 18.5. The summed E-state index contributed by atoms with van der Waals surface area (Å²) < 4.78 is 16.2. The number of rotatable bonds is 7. The van der Waals surface area contributed by atoms with Crippen molar-refractivity contribution in [1.29, 1.82) is 5.26 Å². The molecule has 2 fully saturated rings. The molecular formula is C25H31N5O6. The Morgan fingerprint density at radius 3 is 2.67 bits per heavy atom. The number of likely N-dealkylation sites (N-methyl/N-ethyl adjacent to an activating group) is 1. The van der Waals surface area contributed by atoms with Gasteiger partial charge in [-0.05, 0) is 44.7 Å². The molecule has 2 saturated heterocycles. The van der Waals surface area contributed by atoms with Gasteiger partial charge in [0.2, 0.25) is 23.4 Å². The highest BCUT2D eigenvalue weighted by molar-refractivity contribution is 5.86. The Morgan fingerprint density at radius 1 is 1.22 bits per heavy atom. The van der Waals surface area contributed by atoms with Gasteiger partial charge in [0.1, 0.15) is 6.07 Å². The Morgan fingerprint density at radius 2 is 2.00 bits per heavy atom. The fourth-order valence-electron chi connectivity index (χ4n) is 4.78. The first-order chi connectivity index (χ1) is 17.4. The number of hydrogen-bond acceptors (Lipinski definition) is 9. The second kappa shape index (κ2) is 11.3. The number of anilines is 1. The molecule has 192 valence electrons. The third-order valence-corrected chi connectivity index (χ3v) is 6.72. The number of esters is 1. The molecule has 1 atom stereocenters. The molecular weight excluding hydrogens is 466 g/mol. The van der Waals surface area contributed by atoms with Gasteiger partial charge in [-0.1, -0.05) is 0 Å². The van der Waals surface area contributed by atoms with Gasteiger partial charge in [-0.3, -0.25) is 14.4 Å². The number of aromatic nitrogens is 1. The van der Waals surface area contributed by atoms with Crippen molar-refractivity contribution in [2.75, 3.05) is 51.3 Å². The molecule has 2 aromatic heterocycles. The largest absolute Gasteiger partial charge is 0.466 e. The SMILES string of the molecule is CCOC(=O)C1CCCN(C(=O)CN(C)C(=O)C2CCN(c3oc(-c4ccco4)nc3C#N)CC2)C1. The average molecular weight is 498 g/mol. The number of piperidine rings is 2. The van der Waals surface area contributed by atoms with Gasteiger partial charge in [-0.2, -0.15) is 10.2 Å². The standard InChI is InChI=1S/C25H31N5O6/c1-3-34-25(33)18-6-4-10-30(15-18)21(31)16-28(2)23(32)17-8-11-29(12-9-17)24-19(14-26)27-22(36-24)20-7-5-13-35-20/h5,7,13,17-18H,3-4,6,8-12,15-16H2,1-2H3. The summed E-state index contributed by atoms with van der Waals surface area (Å²) in [6.45, 7) is 4.01. The predicted molar refractivity (Wildman–Crippen MR) is 127 cm³/mol. The van der Waals surface area contributed by atoms with Gasteiger partial charge in [0.25, 0.3) is 5.89 Å². The lowest BCUT2D eigenvalue weighted by molar-refractivity contribution is -0.152. The van der Waals surface area contributed by atoms with Crippen LogP contribution >= 0.6 is 0 Å². The van der Waals surface area contributed by atoms with E-state index in [-0.39, 0.29) is 47.7 Å². The third kappa shape index (κ3) is 5.53. The van der Waals surface area contributed by atoms with Crippen molar-refractivity contribution >= 4 is 23.7 Å². The van der Waals surface area contributed by atoms with Crippen LogP contribution in [0.1, 0.15) is 38.3 Å². The van der Waals surface area contributed by atoms with Crippen molar-refractivity contribution in [1.82, 2.24) is 14.8 Å². The first-order valence-corrected chi connectivity index (χ1v) is 12.3. The van der Waals surface area contributed by atoms with Crippen LogP contribution in [0, 0.1) is 23.2 Å². The summed E-state index contributed by atoms with van der Waals surface area (Å²) in [5.74, 6) is -0.00334. The van der Waals surface area contributed by atoms with Gasteiger partial charge < -0.3 is 28.3 Å². The van der Waals surface area contributed by atoms with Crippen LogP contribution in [0.15, 0.2) is 27.2 Å². The molecule has 11 nitrogen and oxygen atoms in total. The summed E-state index contributed by atoms with van der Waals surface area (Å²) in [7, 11) is 1.64. The van der Waals surface area contributed by atoms with Crippen LogP contribution in [0.3, 0.4) is 0 Å². The zero-order chi connectivity index (χ0) is 25.7. The van der Waals surface area contributed by atoms with Crippen molar-refractivity contribution in [3.8, 4) is 17.7 Å². The predicted octanol–water partition coefficient (Wildman–Crippen LogP) is 2.28. The topological polar surface area (TPSA) is 133 Å². The van der Waals surface area contributed by atoms with E-state index in [0.29, 0.717) is 63.7 Å². The second-order valence-corrected chi connectivity index (χ2v) is 9.15. The van der Waals surface area contributed by atoms with Gasteiger partial charge in [-0.15, -0.1) is 0 Å². The van der Waals surface area contributed by atoms with Crippen molar-refractivity contribution in [3.63, 3.8) is 0 Å². The first-order valence-electron chi connectivity index (χ1n) is 12.3. The van der Waals surface area contributed by atoms with E-state index < -0.39 is 0 Å². The van der Waals surface area contributed by atoms with E-state index in [9.17, 15) is 19.6 Å². The summed E-state index contributed by atoms with van der Waals surface area (Å²) in [5.41, 5.74) is 0.177. The number of ether oxygens (including phenoxy) is 1. The summed E-state index contributed by atoms with van der Waals surface area (Å²) in [6.07, 6.45) is 4.08. The van der Waals surface area contributed by atoms with Gasteiger partial charge in [0, 0.05) is 39.1 Å². The lowest BCUT2D eigenvalue weighted by atomic mass is 9.95. The van der Waals surface area contributed by atoms with Gasteiger partial charge in [-0.25, -0.2) is 0 Å². The van der Waals surface area contributed by atoms with E-state index in [1.807, 2.05) is 4.90 Å². The Labute approximate surface area is 209 Å². The highest BCUT2D eigenvalue weighted by atomic mass is 16.5. The number of amides is 2. The first kappa shape index (κ1) is 25.3. The van der Waals surface area contributed by atoms with Crippen molar-refractivity contribution < 1.29 is 28.0 Å². The molecule has 2 amide bonds. The lowest BCUT2D eigenvalue weighted by Crippen LogP contribution is -2.48. The molecule has 0 radical (unpaired) electrons. The molecule has 36 heavy (non-hydrogen) atoms. The van der Waals surface area contributed by atoms with Gasteiger partial charge in [0.15, 0.2) is 5.76 Å². The molecule has 2 aliphatic rings. The number of likely N-dealkylation sites (tertiary alicyclic amines) is 1. The van der Waals surface area contributed by atoms with Crippen molar-refractivity contribution in [3.05, 3.63) is 24.1 Å². The van der Waals surface area contributed by atoms with E-state index in [4.69, 9.17) is 13.6 Å². The smallest absolute Gasteiger partial charge is 0.310 e. The van der Waals surface area contributed by atoms with Crippen LogP contribution in [-0.2, 0) is 19.1 Å². The average Bonchev–Trinajstić information content (AvgIpc) is 3.59. The molecule has 0 aliphatic carbocycles. The Balaban J connectivity index is 1.30. The minimum Gasteiger partial charge on any atom is -0.466 e. The zero-order valence-corrected chi connectivity index (χ0v) is 20.6. The summed E-state index contributed by atoms with van der Waals surface area (Å²) in [4.78, 5) is 47.2. The highest BCUT2D eigenvalue weighted by Crippen LogP contribution is 2.31. The number of hydrogen-bond donors (Lipinski definition) is 0. The van der Waals surface area contributed by atoms with Gasteiger partial charge >= 0.3 is 5.97 Å². The monoisotopic (exact) mass is 497 g/mol. The third-order valence-electron chi connectivity index (χ3n) is 6.72. The van der Waals surface area contributed by atoms with Gasteiger partial charge in [0.05, 0.1) is 25.3 Å². The molecule has 11 heteroatoms. The Hall–Kier alpha value is -3.81. The van der Waals surface area contributed by atoms with E-state index >= 15 is 0 Å². The number of carbonyl (C=O) groups excluding carboxylic acids is 3. The molecule has 0 bridgehead atoms. The van der Waals surface area contributed by atoms with Crippen LogP contribution in [0.25, 0.3) is 11.7 Å². The number of nitrogens with zero attached hydrogens (tertiary/aromatic N) is 5. The summed E-state index contributed by atoms with van der Waals surface area (Å²) in [6, 6.07) is 5.49. The zero-order valence-electron chi connectivity index (χ0n) is 20.6. The molecule has 2 aliphatic heterocycles. The second-order valence-electron chi connectivity index (χ2n) is 9.15. The Kier molecular flexibility index (Phi) is 7.93. The van der Waals surface area contributed by atoms with Crippen LogP contribution in [0.4, 0.5) is 5.88 Å². The molecule has 0 aromatic carbocycles. The molecule has 0 saturated carbocycles. The van der Waals surface area contributed by atoms with Crippen LogP contribution in [-0.4, -0.2) is 78.9 Å². The van der Waals surface area contributed by atoms with E-state index in [0.717, 1.165) is 6.42 Å². The maximum Gasteiger partial charge on any atom is 0.310 e. The molecule has 4 heterocycles. The Bertz CT molecular complexity index is 1110. The number of carbonyl (C=O) groups is 3. The minimum absolute atomic E-state index is 0.0260. The van der Waals surface area contributed by atoms with Crippen LogP contribution in [0.2, 0.25) is 0 Å². The lowest BCUT2D eigenvalue weighted by Gasteiger charge is -2.35. The molecule has 1 unspecified atom stereocenters. The fourth-order valence-corrected chi connectivity index (χ4v) is 4.78. The molecule has 0 N–H and O–H groups in total.